The number of benzene rings is 2. The smallest absolute Gasteiger partial charge is 0.329 e. The van der Waals surface area contributed by atoms with E-state index in [2.05, 4.69) is 21.2 Å². The van der Waals surface area contributed by atoms with Gasteiger partial charge >= 0.3 is 11.8 Å². The molecule has 2 aromatic carbocycles. The van der Waals surface area contributed by atoms with Crippen LogP contribution in [0, 0.1) is 0 Å². The number of carbonyl (C=O) groups excluding carboxylic acids is 3. The molecule has 0 bridgehead atoms. The summed E-state index contributed by atoms with van der Waals surface area (Å²) in [4.78, 5) is 35.3. The molecule has 0 saturated carbocycles. The van der Waals surface area contributed by atoms with Gasteiger partial charge in [0.05, 0.1) is 12.8 Å². The predicted octanol–water partition coefficient (Wildman–Crippen LogP) is 1.25. The standard InChI is InChI=1S/C21H23ClN4O5/c1-30-10-9-23-20(28)21(29)26-25-13-16-11-17(22)7-8-18(16)31-14-19(27)24-12-15-5-3-2-4-6-15/h2-8,11,13H,9-10,12,14H2,1H3,(H,23,28)(H,24,27)(H,26,29)/b25-13-. The largest absolute Gasteiger partial charge is 0.483 e. The van der Waals surface area contributed by atoms with Crippen LogP contribution < -0.4 is 20.8 Å². The number of carbonyl (C=O) groups is 3. The van der Waals surface area contributed by atoms with Gasteiger partial charge in [-0.25, -0.2) is 5.43 Å². The summed E-state index contributed by atoms with van der Waals surface area (Å²) >= 11 is 6.00. The van der Waals surface area contributed by atoms with Crippen LogP contribution in [0.1, 0.15) is 11.1 Å². The van der Waals surface area contributed by atoms with E-state index < -0.39 is 11.8 Å². The van der Waals surface area contributed by atoms with Gasteiger partial charge in [-0.2, -0.15) is 5.10 Å². The van der Waals surface area contributed by atoms with Crippen LogP contribution in [0.15, 0.2) is 53.6 Å². The highest BCUT2D eigenvalue weighted by molar-refractivity contribution is 6.35. The molecule has 2 aromatic rings. The number of hydrogen-bond donors (Lipinski definition) is 3. The molecule has 9 nitrogen and oxygen atoms in total. The van der Waals surface area contributed by atoms with Crippen LogP contribution in [0.3, 0.4) is 0 Å². The lowest BCUT2D eigenvalue weighted by molar-refractivity contribution is -0.139. The average Bonchev–Trinajstić information content (AvgIpc) is 2.77. The van der Waals surface area contributed by atoms with Gasteiger partial charge in [-0.1, -0.05) is 41.9 Å². The fourth-order valence-electron chi connectivity index (χ4n) is 2.30. The summed E-state index contributed by atoms with van der Waals surface area (Å²) in [6.07, 6.45) is 1.27. The topological polar surface area (TPSA) is 118 Å². The van der Waals surface area contributed by atoms with E-state index in [1.165, 1.54) is 13.3 Å². The van der Waals surface area contributed by atoms with Crippen molar-refractivity contribution in [3.63, 3.8) is 0 Å². The summed E-state index contributed by atoms with van der Waals surface area (Å²) in [5.74, 6) is -1.74. The number of rotatable bonds is 10. The molecule has 3 amide bonds. The first-order valence-corrected chi connectivity index (χ1v) is 9.70. The first-order chi connectivity index (χ1) is 15.0. The number of methoxy groups -OCH3 is 1. The fraction of sp³-hybridized carbons (Fsp3) is 0.238. The number of amides is 3. The van der Waals surface area contributed by atoms with Gasteiger partial charge in [-0.15, -0.1) is 0 Å². The summed E-state index contributed by atoms with van der Waals surface area (Å²) in [6, 6.07) is 14.2. The number of halogens is 1. The van der Waals surface area contributed by atoms with Crippen molar-refractivity contribution in [1.82, 2.24) is 16.1 Å². The second-order valence-corrected chi connectivity index (χ2v) is 6.62. The molecule has 0 aliphatic rings. The molecule has 0 atom stereocenters. The highest BCUT2D eigenvalue weighted by Gasteiger charge is 2.12. The SMILES string of the molecule is COCCNC(=O)C(=O)N/N=C\c1cc(Cl)ccc1OCC(=O)NCc1ccccc1. The minimum Gasteiger partial charge on any atom is -0.483 e. The van der Waals surface area contributed by atoms with Gasteiger partial charge < -0.3 is 20.1 Å². The van der Waals surface area contributed by atoms with E-state index in [9.17, 15) is 14.4 Å². The van der Waals surface area contributed by atoms with Crippen molar-refractivity contribution in [3.8, 4) is 5.75 Å². The maximum Gasteiger partial charge on any atom is 0.329 e. The van der Waals surface area contributed by atoms with Crippen molar-refractivity contribution in [1.29, 1.82) is 0 Å². The maximum atomic E-state index is 12.0. The molecule has 0 aliphatic heterocycles. The number of nitrogens with zero attached hydrogens (tertiary/aromatic N) is 1. The zero-order chi connectivity index (χ0) is 22.5. The zero-order valence-electron chi connectivity index (χ0n) is 16.9. The van der Waals surface area contributed by atoms with E-state index >= 15 is 0 Å². The lowest BCUT2D eigenvalue weighted by Crippen LogP contribution is -2.39. The Hall–Kier alpha value is -3.43. The van der Waals surface area contributed by atoms with Gasteiger partial charge in [0.25, 0.3) is 5.91 Å². The summed E-state index contributed by atoms with van der Waals surface area (Å²) in [5.41, 5.74) is 3.50. The molecule has 0 unspecified atom stereocenters. The average molecular weight is 447 g/mol. The lowest BCUT2D eigenvalue weighted by Gasteiger charge is -2.10. The highest BCUT2D eigenvalue weighted by Crippen LogP contribution is 2.21. The molecule has 0 spiro atoms. The van der Waals surface area contributed by atoms with E-state index in [4.69, 9.17) is 21.1 Å². The molecule has 2 rings (SSSR count). The Bertz CT molecular complexity index is 921. The van der Waals surface area contributed by atoms with E-state index in [1.54, 1.807) is 18.2 Å². The normalized spacial score (nSPS) is 10.5. The first kappa shape index (κ1) is 23.8. The second kappa shape index (κ2) is 13.0. The third-order valence-electron chi connectivity index (χ3n) is 3.83. The number of hydrogen-bond acceptors (Lipinski definition) is 6. The Morgan fingerprint density at radius 2 is 1.84 bits per heavy atom. The van der Waals surface area contributed by atoms with Gasteiger partial charge in [0, 0.05) is 30.8 Å². The van der Waals surface area contributed by atoms with Crippen molar-refractivity contribution in [2.45, 2.75) is 6.54 Å². The lowest BCUT2D eigenvalue weighted by atomic mass is 10.2. The molecule has 0 saturated heterocycles. The zero-order valence-corrected chi connectivity index (χ0v) is 17.6. The first-order valence-electron chi connectivity index (χ1n) is 9.32. The molecule has 3 N–H and O–H groups in total. The molecular weight excluding hydrogens is 424 g/mol. The number of nitrogens with one attached hydrogen (secondary N) is 3. The van der Waals surface area contributed by atoms with Crippen molar-refractivity contribution in [3.05, 3.63) is 64.7 Å². The van der Waals surface area contributed by atoms with Crippen molar-refractivity contribution in [2.75, 3.05) is 26.9 Å². The molecule has 0 aromatic heterocycles. The molecule has 0 aliphatic carbocycles. The van der Waals surface area contributed by atoms with Crippen LogP contribution in [0.25, 0.3) is 0 Å². The number of hydrazone groups is 1. The number of ether oxygens (including phenoxy) is 2. The third-order valence-corrected chi connectivity index (χ3v) is 4.07. The molecule has 0 fully saturated rings. The Kier molecular flexibility index (Phi) is 9.99. The fourth-order valence-corrected chi connectivity index (χ4v) is 2.48. The van der Waals surface area contributed by atoms with Gasteiger partial charge in [0.2, 0.25) is 0 Å². The third kappa shape index (κ3) is 8.85. The maximum absolute atomic E-state index is 12.0. The van der Waals surface area contributed by atoms with Crippen molar-refractivity contribution < 1.29 is 23.9 Å². The molecular formula is C21H23ClN4O5. The minimum atomic E-state index is -0.933. The minimum absolute atomic E-state index is 0.199. The van der Waals surface area contributed by atoms with E-state index in [0.717, 1.165) is 5.56 Å². The molecule has 10 heteroatoms. The summed E-state index contributed by atoms with van der Waals surface area (Å²) < 4.78 is 10.3. The Morgan fingerprint density at radius 1 is 1.06 bits per heavy atom. The molecule has 0 heterocycles. The summed E-state index contributed by atoms with van der Waals surface area (Å²) in [7, 11) is 1.48. The van der Waals surface area contributed by atoms with Gasteiger partial charge in [-0.3, -0.25) is 14.4 Å². The summed E-state index contributed by atoms with van der Waals surface area (Å²) in [6.45, 7) is 0.648. The van der Waals surface area contributed by atoms with Crippen LogP contribution >= 0.6 is 11.6 Å². The van der Waals surface area contributed by atoms with Crippen molar-refractivity contribution in [2.24, 2.45) is 5.10 Å². The van der Waals surface area contributed by atoms with Gasteiger partial charge in [0.1, 0.15) is 5.75 Å². The van der Waals surface area contributed by atoms with Crippen LogP contribution in [0.2, 0.25) is 5.02 Å². The van der Waals surface area contributed by atoms with E-state index in [1.807, 2.05) is 30.3 Å². The molecule has 0 radical (unpaired) electrons. The van der Waals surface area contributed by atoms with Crippen LogP contribution in [0.4, 0.5) is 0 Å². The monoisotopic (exact) mass is 446 g/mol. The highest BCUT2D eigenvalue weighted by atomic mass is 35.5. The van der Waals surface area contributed by atoms with Gasteiger partial charge in [0.15, 0.2) is 6.61 Å². The van der Waals surface area contributed by atoms with Crippen LogP contribution in [-0.4, -0.2) is 50.8 Å². The quantitative estimate of drug-likeness (QED) is 0.220. The molecule has 164 valence electrons. The Labute approximate surface area is 184 Å². The Balaban J connectivity index is 1.88. The van der Waals surface area contributed by atoms with Crippen molar-refractivity contribution >= 4 is 35.5 Å². The predicted molar refractivity (Wildman–Crippen MR) is 116 cm³/mol. The van der Waals surface area contributed by atoms with Crippen LogP contribution in [-0.2, 0) is 25.7 Å². The summed E-state index contributed by atoms with van der Waals surface area (Å²) in [5, 5.41) is 9.27. The molecule has 31 heavy (non-hydrogen) atoms. The van der Waals surface area contributed by atoms with Crippen LogP contribution in [0.5, 0.6) is 5.75 Å². The Morgan fingerprint density at radius 3 is 2.58 bits per heavy atom. The van der Waals surface area contributed by atoms with E-state index in [0.29, 0.717) is 22.9 Å². The second-order valence-electron chi connectivity index (χ2n) is 6.18. The van der Waals surface area contributed by atoms with E-state index in [-0.39, 0.29) is 25.7 Å². The van der Waals surface area contributed by atoms with Gasteiger partial charge in [-0.05, 0) is 23.8 Å².